The minimum Gasteiger partial charge on any atom is -0.417 e. The van der Waals surface area contributed by atoms with Crippen LogP contribution in [-0.4, -0.2) is 49.8 Å². The number of anilines is 2. The molecule has 0 aromatic carbocycles. The van der Waals surface area contributed by atoms with Crippen molar-refractivity contribution in [3.63, 3.8) is 0 Å². The molecule has 1 atom stereocenters. The van der Waals surface area contributed by atoms with Gasteiger partial charge in [0.15, 0.2) is 17.3 Å². The fraction of sp³-hybridized carbons (Fsp3) is 0.500. The predicted octanol–water partition coefficient (Wildman–Crippen LogP) is 2.81. The highest BCUT2D eigenvalue weighted by Gasteiger charge is 2.22. The molecule has 27 heavy (non-hydrogen) atoms. The quantitative estimate of drug-likeness (QED) is 0.679. The zero-order chi connectivity index (χ0) is 18.8. The second-order valence-corrected chi connectivity index (χ2v) is 6.16. The van der Waals surface area contributed by atoms with Crippen molar-refractivity contribution >= 4 is 22.8 Å². The number of hydrogen-bond donors (Lipinski definition) is 2. The maximum atomic E-state index is 12.3. The van der Waals surface area contributed by atoms with Crippen molar-refractivity contribution in [2.75, 3.05) is 18.5 Å². The zero-order valence-electron chi connectivity index (χ0n) is 14.7. The number of H-pyrrole nitrogens is 1. The predicted molar refractivity (Wildman–Crippen MR) is 92.3 cm³/mol. The summed E-state index contributed by atoms with van der Waals surface area (Å²) in [7, 11) is 0. The van der Waals surface area contributed by atoms with Crippen molar-refractivity contribution in [3.8, 4) is 5.88 Å². The largest absolute Gasteiger partial charge is 0.417 e. The molecule has 0 bridgehead atoms. The Bertz CT molecular complexity index is 921. The molecule has 3 aromatic heterocycles. The number of aromatic amines is 1. The van der Waals surface area contributed by atoms with Crippen LogP contribution in [0.1, 0.15) is 31.5 Å². The van der Waals surface area contributed by atoms with Crippen molar-refractivity contribution in [3.05, 3.63) is 18.0 Å². The van der Waals surface area contributed by atoms with E-state index in [1.54, 1.807) is 6.20 Å². The summed E-state index contributed by atoms with van der Waals surface area (Å²) in [5.74, 6) is 0.583. The molecule has 4 heterocycles. The summed E-state index contributed by atoms with van der Waals surface area (Å²) in [4.78, 5) is 9.09. The number of ether oxygens (including phenoxy) is 2. The number of halogens is 2. The molecule has 3 aromatic rings. The third-order valence-corrected chi connectivity index (χ3v) is 4.32. The number of rotatable bonds is 6. The summed E-state index contributed by atoms with van der Waals surface area (Å²) in [5.41, 5.74) is 2.28. The van der Waals surface area contributed by atoms with E-state index in [1.165, 1.54) is 6.07 Å². The lowest BCUT2D eigenvalue weighted by atomic mass is 10.1. The normalized spacial score (nSPS) is 17.6. The average molecular weight is 379 g/mol. The molecular formula is C16H19F2N7O2. The smallest absolute Gasteiger partial charge is 0.388 e. The van der Waals surface area contributed by atoms with Gasteiger partial charge in [0, 0.05) is 12.7 Å². The second-order valence-electron chi connectivity index (χ2n) is 6.16. The molecule has 1 aliphatic rings. The minimum atomic E-state index is -2.92. The Morgan fingerprint density at radius 2 is 2.33 bits per heavy atom. The molecule has 144 valence electrons. The monoisotopic (exact) mass is 379 g/mol. The number of nitrogens with zero attached hydrogens (tertiary/aromatic N) is 5. The van der Waals surface area contributed by atoms with E-state index >= 15 is 0 Å². The molecule has 1 saturated heterocycles. The first-order valence-electron chi connectivity index (χ1n) is 8.73. The molecule has 4 rings (SSSR count). The Morgan fingerprint density at radius 1 is 1.44 bits per heavy atom. The number of aryl methyl sites for hydroxylation is 1. The highest BCUT2D eigenvalue weighted by atomic mass is 19.3. The van der Waals surface area contributed by atoms with Crippen molar-refractivity contribution < 1.29 is 18.3 Å². The van der Waals surface area contributed by atoms with E-state index < -0.39 is 6.61 Å². The van der Waals surface area contributed by atoms with Crippen LogP contribution in [0.2, 0.25) is 0 Å². The third-order valence-electron chi connectivity index (χ3n) is 4.32. The Kier molecular flexibility index (Phi) is 4.84. The number of hydrogen-bond acceptors (Lipinski definition) is 7. The van der Waals surface area contributed by atoms with E-state index in [0.29, 0.717) is 23.9 Å². The van der Waals surface area contributed by atoms with Crippen molar-refractivity contribution in [2.45, 2.75) is 38.8 Å². The Morgan fingerprint density at radius 3 is 3.07 bits per heavy atom. The number of alkyl halides is 2. The molecule has 11 heteroatoms. The zero-order valence-corrected chi connectivity index (χ0v) is 14.7. The first kappa shape index (κ1) is 17.6. The van der Waals surface area contributed by atoms with Crippen LogP contribution in [-0.2, 0) is 11.2 Å². The molecule has 2 N–H and O–H groups in total. The average Bonchev–Trinajstić information content (AvgIpc) is 3.25. The Hall–Kier alpha value is -2.82. The van der Waals surface area contributed by atoms with Crippen molar-refractivity contribution in [2.24, 2.45) is 0 Å². The van der Waals surface area contributed by atoms with E-state index in [1.807, 2.05) is 11.6 Å². The van der Waals surface area contributed by atoms with Crippen LogP contribution in [0.4, 0.5) is 20.4 Å². The van der Waals surface area contributed by atoms with Gasteiger partial charge in [-0.3, -0.25) is 0 Å². The Balaban J connectivity index is 1.63. The summed E-state index contributed by atoms with van der Waals surface area (Å²) in [6.45, 7) is 0.448. The van der Waals surface area contributed by atoms with Gasteiger partial charge in [0.2, 0.25) is 5.88 Å². The van der Waals surface area contributed by atoms with Crippen LogP contribution in [0.5, 0.6) is 5.88 Å². The number of fused-ring (bicyclic) bond motifs is 1. The van der Waals surface area contributed by atoms with Gasteiger partial charge in [0.05, 0.1) is 24.5 Å². The van der Waals surface area contributed by atoms with E-state index in [4.69, 9.17) is 4.74 Å². The van der Waals surface area contributed by atoms with Gasteiger partial charge in [-0.2, -0.15) is 19.0 Å². The summed E-state index contributed by atoms with van der Waals surface area (Å²) < 4.78 is 36.2. The lowest BCUT2D eigenvalue weighted by Crippen LogP contribution is -2.22. The molecule has 0 aliphatic carbocycles. The van der Waals surface area contributed by atoms with Gasteiger partial charge in [0.1, 0.15) is 5.52 Å². The van der Waals surface area contributed by atoms with Gasteiger partial charge < -0.3 is 14.8 Å². The fourth-order valence-electron chi connectivity index (χ4n) is 3.09. The van der Waals surface area contributed by atoms with Crippen LogP contribution in [0.25, 0.3) is 11.2 Å². The molecule has 0 amide bonds. The molecule has 0 unspecified atom stereocenters. The van der Waals surface area contributed by atoms with Crippen LogP contribution >= 0.6 is 0 Å². The standard InChI is InChI=1S/C16H19F2N7O2/c1-2-10-14-15(25(24-10)9-4-3-5-26-8-9)21-12(7-19-14)20-11-6-13(23-22-11)27-16(17)18/h6-7,9,16H,2-5,8H2,1H3,(H2,20,21,22,23)/t9-/m1/s1. The van der Waals surface area contributed by atoms with Crippen molar-refractivity contribution in [1.82, 2.24) is 29.9 Å². The van der Waals surface area contributed by atoms with Crippen LogP contribution in [0.3, 0.4) is 0 Å². The summed E-state index contributed by atoms with van der Waals surface area (Å²) in [6.07, 6.45) is 4.24. The van der Waals surface area contributed by atoms with Gasteiger partial charge in [-0.25, -0.2) is 19.7 Å². The van der Waals surface area contributed by atoms with E-state index in [9.17, 15) is 8.78 Å². The maximum Gasteiger partial charge on any atom is 0.388 e. The molecule has 1 fully saturated rings. The van der Waals surface area contributed by atoms with Crippen molar-refractivity contribution in [1.29, 1.82) is 0 Å². The first-order valence-corrected chi connectivity index (χ1v) is 8.73. The summed E-state index contributed by atoms with van der Waals surface area (Å²) >= 11 is 0. The summed E-state index contributed by atoms with van der Waals surface area (Å²) in [5, 5.41) is 13.9. The SMILES string of the molecule is CCc1nn([C@@H]2CCCOC2)c2nc(Nc3cc(OC(F)F)[nH]n3)cnc12. The molecule has 0 spiro atoms. The fourth-order valence-corrected chi connectivity index (χ4v) is 3.09. The van der Waals surface area contributed by atoms with Crippen LogP contribution in [0.15, 0.2) is 12.3 Å². The van der Waals surface area contributed by atoms with E-state index in [-0.39, 0.29) is 11.9 Å². The van der Waals surface area contributed by atoms with E-state index in [2.05, 4.69) is 35.3 Å². The van der Waals surface area contributed by atoms with Gasteiger partial charge in [-0.05, 0) is 19.3 Å². The van der Waals surface area contributed by atoms with Gasteiger partial charge in [0.25, 0.3) is 0 Å². The first-order chi connectivity index (χ1) is 13.1. The van der Waals surface area contributed by atoms with Crippen LogP contribution < -0.4 is 10.1 Å². The second kappa shape index (κ2) is 7.43. The lowest BCUT2D eigenvalue weighted by molar-refractivity contribution is -0.0528. The minimum absolute atomic E-state index is 0.113. The molecular weight excluding hydrogens is 360 g/mol. The van der Waals surface area contributed by atoms with Crippen LogP contribution in [0, 0.1) is 0 Å². The van der Waals surface area contributed by atoms with Gasteiger partial charge in [-0.15, -0.1) is 0 Å². The summed E-state index contributed by atoms with van der Waals surface area (Å²) in [6, 6.07) is 1.43. The highest BCUT2D eigenvalue weighted by molar-refractivity contribution is 5.75. The molecule has 9 nitrogen and oxygen atoms in total. The molecule has 0 saturated carbocycles. The number of aromatic nitrogens is 6. The topological polar surface area (TPSA) is 103 Å². The lowest BCUT2D eigenvalue weighted by Gasteiger charge is -2.22. The third kappa shape index (κ3) is 3.68. The van der Waals surface area contributed by atoms with E-state index in [0.717, 1.165) is 37.1 Å². The van der Waals surface area contributed by atoms with Gasteiger partial charge in [-0.1, -0.05) is 6.92 Å². The Labute approximate surface area is 153 Å². The number of nitrogens with one attached hydrogen (secondary N) is 2. The molecule has 0 radical (unpaired) electrons. The maximum absolute atomic E-state index is 12.3. The molecule has 1 aliphatic heterocycles. The van der Waals surface area contributed by atoms with Gasteiger partial charge >= 0.3 is 6.61 Å². The highest BCUT2D eigenvalue weighted by Crippen LogP contribution is 2.26.